The van der Waals surface area contributed by atoms with Gasteiger partial charge in [-0.2, -0.15) is 0 Å². The first-order valence-electron chi connectivity index (χ1n) is 6.19. The normalized spacial score (nSPS) is 48.1. The highest BCUT2D eigenvalue weighted by Crippen LogP contribution is 2.56. The van der Waals surface area contributed by atoms with Gasteiger partial charge in [0.15, 0.2) is 0 Å². The zero-order valence-electron chi connectivity index (χ0n) is 9.89. The molecule has 1 saturated carbocycles. The fourth-order valence-corrected chi connectivity index (χ4v) is 5.33. The van der Waals surface area contributed by atoms with Gasteiger partial charge in [0.05, 0.1) is 5.37 Å². The Bertz CT molecular complexity index is 286. The molecule has 1 nitrogen and oxygen atoms in total. The molecule has 2 bridgehead atoms. The molecule has 2 aliphatic carbocycles. The van der Waals surface area contributed by atoms with Gasteiger partial charge in [-0.1, -0.05) is 12.2 Å². The van der Waals surface area contributed by atoms with Crippen molar-refractivity contribution in [3.63, 3.8) is 0 Å². The molecule has 15 heavy (non-hydrogen) atoms. The molecule has 3 rings (SSSR count). The van der Waals surface area contributed by atoms with Gasteiger partial charge < -0.3 is 0 Å². The lowest BCUT2D eigenvalue weighted by atomic mass is 9.86. The van der Waals surface area contributed by atoms with Gasteiger partial charge in [-0.25, -0.2) is 0 Å². The second kappa shape index (κ2) is 3.53. The fraction of sp³-hybridized carbons (Fsp3) is 0.846. The Hall–Kier alpha value is 0.0500. The summed E-state index contributed by atoms with van der Waals surface area (Å²) in [4.78, 5) is 2.73. The van der Waals surface area contributed by atoms with Crippen LogP contribution >= 0.6 is 11.8 Å². The van der Waals surface area contributed by atoms with Crippen molar-refractivity contribution in [2.45, 2.75) is 31.7 Å². The molecule has 0 radical (unpaired) electrons. The van der Waals surface area contributed by atoms with E-state index in [1.807, 2.05) is 0 Å². The van der Waals surface area contributed by atoms with E-state index >= 15 is 0 Å². The van der Waals surface area contributed by atoms with Crippen LogP contribution in [0.3, 0.4) is 0 Å². The number of rotatable bonds is 2. The van der Waals surface area contributed by atoms with Gasteiger partial charge in [-0.05, 0) is 50.2 Å². The third-order valence-corrected chi connectivity index (χ3v) is 5.74. The summed E-state index contributed by atoms with van der Waals surface area (Å²) in [6.45, 7) is 6.04. The van der Waals surface area contributed by atoms with Gasteiger partial charge in [-0.3, -0.25) is 4.90 Å². The van der Waals surface area contributed by atoms with Crippen molar-refractivity contribution in [3.05, 3.63) is 12.2 Å². The predicted octanol–water partition coefficient (Wildman–Crippen LogP) is 2.84. The van der Waals surface area contributed by atoms with E-state index in [-0.39, 0.29) is 0 Å². The van der Waals surface area contributed by atoms with Crippen molar-refractivity contribution in [2.75, 3.05) is 12.8 Å². The van der Waals surface area contributed by atoms with Crippen LogP contribution in [-0.4, -0.2) is 29.1 Å². The average Bonchev–Trinajstić information content (AvgIpc) is 2.87. The molecule has 1 saturated heterocycles. The first-order valence-corrected chi connectivity index (χ1v) is 7.48. The molecule has 0 amide bonds. The number of hydrogen-bond donors (Lipinski definition) is 0. The van der Waals surface area contributed by atoms with Gasteiger partial charge >= 0.3 is 0 Å². The number of hydrogen-bond acceptors (Lipinski definition) is 2. The molecule has 1 aliphatic heterocycles. The highest BCUT2D eigenvalue weighted by molar-refractivity contribution is 7.99. The Balaban J connectivity index is 1.86. The zero-order valence-corrected chi connectivity index (χ0v) is 10.7. The van der Waals surface area contributed by atoms with Crippen molar-refractivity contribution in [1.29, 1.82) is 0 Å². The summed E-state index contributed by atoms with van der Waals surface area (Å²) in [5.74, 6) is 3.75. The zero-order chi connectivity index (χ0) is 10.6. The van der Waals surface area contributed by atoms with E-state index in [0.717, 1.165) is 29.0 Å². The number of nitrogens with zero attached hydrogens (tertiary/aromatic N) is 1. The Morgan fingerprint density at radius 2 is 2.00 bits per heavy atom. The largest absolute Gasteiger partial charge is 0.288 e. The van der Waals surface area contributed by atoms with Gasteiger partial charge in [0.2, 0.25) is 0 Å². The lowest BCUT2D eigenvalue weighted by Crippen LogP contribution is -2.36. The summed E-state index contributed by atoms with van der Waals surface area (Å²) in [6.07, 6.45) is 8.74. The number of fused-ring (bicyclic) bond motifs is 5. The van der Waals surface area contributed by atoms with Gasteiger partial charge in [-0.15, -0.1) is 11.8 Å². The minimum Gasteiger partial charge on any atom is -0.288 e. The second-order valence-corrected chi connectivity index (χ2v) is 6.56. The van der Waals surface area contributed by atoms with E-state index in [9.17, 15) is 0 Å². The third kappa shape index (κ3) is 1.34. The van der Waals surface area contributed by atoms with Crippen LogP contribution in [0.2, 0.25) is 0 Å². The van der Waals surface area contributed by atoms with E-state index in [1.54, 1.807) is 0 Å². The van der Waals surface area contributed by atoms with Crippen LogP contribution in [0.25, 0.3) is 0 Å². The Morgan fingerprint density at radius 3 is 2.67 bits per heavy atom. The smallest absolute Gasteiger partial charge is 0.0594 e. The minimum atomic E-state index is 0.715. The third-order valence-electron chi connectivity index (χ3n) is 4.67. The monoisotopic (exact) mass is 223 g/mol. The van der Waals surface area contributed by atoms with E-state index < -0.39 is 0 Å². The van der Waals surface area contributed by atoms with E-state index in [4.69, 9.17) is 0 Å². The summed E-state index contributed by atoms with van der Waals surface area (Å²) in [5, 5.41) is 0.787. The van der Waals surface area contributed by atoms with Crippen LogP contribution < -0.4 is 0 Å². The molecular formula is C13H21NS. The standard InChI is InChI=1S/C13H21NS/c1-8(2)14-7-11-9-4-5-10(6-9)12(11)13(14)15-3/h4-5,8-13H,6-7H2,1-3H3. The second-order valence-electron chi connectivity index (χ2n) is 5.61. The average molecular weight is 223 g/mol. The van der Waals surface area contributed by atoms with Crippen LogP contribution in [-0.2, 0) is 0 Å². The van der Waals surface area contributed by atoms with Crippen LogP contribution in [0.15, 0.2) is 12.2 Å². The Labute approximate surface area is 97.3 Å². The fourth-order valence-electron chi connectivity index (χ4n) is 4.01. The number of likely N-dealkylation sites (tertiary alicyclic amines) is 1. The van der Waals surface area contributed by atoms with Crippen LogP contribution in [0.5, 0.6) is 0 Å². The molecular weight excluding hydrogens is 202 g/mol. The molecule has 0 aromatic carbocycles. The highest BCUT2D eigenvalue weighted by Gasteiger charge is 2.54. The molecule has 5 unspecified atom stereocenters. The topological polar surface area (TPSA) is 3.24 Å². The van der Waals surface area contributed by atoms with Crippen LogP contribution in [0.4, 0.5) is 0 Å². The lowest BCUT2D eigenvalue weighted by Gasteiger charge is -2.31. The van der Waals surface area contributed by atoms with Gasteiger partial charge in [0.1, 0.15) is 0 Å². The van der Waals surface area contributed by atoms with Crippen LogP contribution in [0, 0.1) is 23.7 Å². The molecule has 84 valence electrons. The van der Waals surface area contributed by atoms with Crippen molar-refractivity contribution in [1.82, 2.24) is 4.90 Å². The van der Waals surface area contributed by atoms with Gasteiger partial charge in [0.25, 0.3) is 0 Å². The molecule has 0 aromatic rings. The maximum Gasteiger partial charge on any atom is 0.0594 e. The van der Waals surface area contributed by atoms with Crippen molar-refractivity contribution < 1.29 is 0 Å². The maximum absolute atomic E-state index is 2.73. The molecule has 1 heterocycles. The molecule has 2 heteroatoms. The minimum absolute atomic E-state index is 0.715. The molecule has 2 fully saturated rings. The van der Waals surface area contributed by atoms with E-state index in [2.05, 4.69) is 48.9 Å². The van der Waals surface area contributed by atoms with Gasteiger partial charge in [0, 0.05) is 12.6 Å². The molecule has 0 spiro atoms. The molecule has 5 atom stereocenters. The quantitative estimate of drug-likeness (QED) is 0.662. The summed E-state index contributed by atoms with van der Waals surface area (Å²) in [5.41, 5.74) is 0. The molecule has 0 aromatic heterocycles. The van der Waals surface area contributed by atoms with Crippen molar-refractivity contribution in [2.24, 2.45) is 23.7 Å². The first-order chi connectivity index (χ1) is 7.22. The summed E-state index contributed by atoms with van der Waals surface area (Å²) >= 11 is 2.08. The molecule has 3 aliphatic rings. The number of thioether (sulfide) groups is 1. The van der Waals surface area contributed by atoms with E-state index in [0.29, 0.717) is 6.04 Å². The lowest BCUT2D eigenvalue weighted by molar-refractivity contribution is 0.226. The SMILES string of the molecule is CSC1C2C3C=CC(C3)C2CN1C(C)C. The van der Waals surface area contributed by atoms with Crippen LogP contribution in [0.1, 0.15) is 20.3 Å². The molecule has 0 N–H and O–H groups in total. The highest BCUT2D eigenvalue weighted by atomic mass is 32.2. The van der Waals surface area contributed by atoms with Crippen molar-refractivity contribution >= 4 is 11.8 Å². The predicted molar refractivity (Wildman–Crippen MR) is 66.9 cm³/mol. The Kier molecular flexibility index (Phi) is 2.40. The van der Waals surface area contributed by atoms with E-state index in [1.165, 1.54) is 13.0 Å². The summed E-state index contributed by atoms with van der Waals surface area (Å²) in [6, 6.07) is 0.715. The Morgan fingerprint density at radius 1 is 1.27 bits per heavy atom. The summed E-state index contributed by atoms with van der Waals surface area (Å²) in [7, 11) is 0. The number of allylic oxidation sites excluding steroid dienone is 2. The maximum atomic E-state index is 2.73. The first kappa shape index (κ1) is 10.2. The summed E-state index contributed by atoms with van der Waals surface area (Å²) < 4.78 is 0. The van der Waals surface area contributed by atoms with Crippen molar-refractivity contribution in [3.8, 4) is 0 Å².